The van der Waals surface area contributed by atoms with Gasteiger partial charge in [-0.3, -0.25) is 0 Å². The van der Waals surface area contributed by atoms with Crippen molar-refractivity contribution in [1.29, 1.82) is 0 Å². The fraction of sp³-hybridized carbons (Fsp3) is 1.00. The van der Waals surface area contributed by atoms with Crippen LogP contribution in [0.5, 0.6) is 0 Å². The van der Waals surface area contributed by atoms with Gasteiger partial charge in [-0.2, -0.15) is 0 Å². The van der Waals surface area contributed by atoms with Crippen LogP contribution in [-0.4, -0.2) is 38.1 Å². The van der Waals surface area contributed by atoms with Gasteiger partial charge in [0, 0.05) is 0 Å². The van der Waals surface area contributed by atoms with E-state index < -0.39 is 0 Å². The summed E-state index contributed by atoms with van der Waals surface area (Å²) in [4.78, 5) is 2.50. The average Bonchev–Trinajstić information content (AvgIpc) is 2.25. The lowest BCUT2D eigenvalue weighted by molar-refractivity contribution is 0.260. The van der Waals surface area contributed by atoms with Crippen molar-refractivity contribution in [1.82, 2.24) is 10.2 Å². The molecular weight excluding hydrogens is 184 g/mol. The van der Waals surface area contributed by atoms with Gasteiger partial charge >= 0.3 is 0 Å². The van der Waals surface area contributed by atoms with Crippen LogP contribution in [0, 0.1) is 11.8 Å². The molecule has 1 rings (SSSR count). The molecule has 0 spiro atoms. The molecule has 2 heteroatoms. The molecule has 2 nitrogen and oxygen atoms in total. The SMILES string of the molecule is CC(C)CCN(C)CCC1CCNCC1. The minimum absolute atomic E-state index is 0.839. The number of hydrogen-bond acceptors (Lipinski definition) is 2. The van der Waals surface area contributed by atoms with Crippen LogP contribution in [-0.2, 0) is 0 Å². The fourth-order valence-electron chi connectivity index (χ4n) is 2.16. The van der Waals surface area contributed by atoms with E-state index in [-0.39, 0.29) is 0 Å². The molecular formula is C13H28N2. The van der Waals surface area contributed by atoms with Crippen molar-refractivity contribution in [3.05, 3.63) is 0 Å². The summed E-state index contributed by atoms with van der Waals surface area (Å²) in [7, 11) is 2.27. The Morgan fingerprint density at radius 1 is 1.20 bits per heavy atom. The lowest BCUT2D eigenvalue weighted by atomic mass is 9.94. The second-order valence-corrected chi connectivity index (χ2v) is 5.47. The molecule has 15 heavy (non-hydrogen) atoms. The Labute approximate surface area is 95.4 Å². The highest BCUT2D eigenvalue weighted by Crippen LogP contribution is 2.16. The maximum atomic E-state index is 3.43. The molecule has 1 aliphatic heterocycles. The largest absolute Gasteiger partial charge is 0.317 e. The zero-order valence-electron chi connectivity index (χ0n) is 10.8. The molecule has 0 radical (unpaired) electrons. The van der Waals surface area contributed by atoms with Crippen LogP contribution in [0.3, 0.4) is 0 Å². The Balaban J connectivity index is 2.02. The number of nitrogens with one attached hydrogen (secondary N) is 1. The van der Waals surface area contributed by atoms with Crippen molar-refractivity contribution in [2.75, 3.05) is 33.2 Å². The van der Waals surface area contributed by atoms with Crippen molar-refractivity contribution in [3.63, 3.8) is 0 Å². The molecule has 0 unspecified atom stereocenters. The van der Waals surface area contributed by atoms with E-state index in [1.165, 1.54) is 51.9 Å². The molecule has 0 atom stereocenters. The molecule has 0 aromatic carbocycles. The third kappa shape index (κ3) is 6.16. The molecule has 0 aliphatic carbocycles. The summed E-state index contributed by atoms with van der Waals surface area (Å²) < 4.78 is 0. The first kappa shape index (κ1) is 13.0. The maximum Gasteiger partial charge on any atom is -0.00191 e. The zero-order valence-corrected chi connectivity index (χ0v) is 10.8. The van der Waals surface area contributed by atoms with Crippen LogP contribution >= 0.6 is 0 Å². The van der Waals surface area contributed by atoms with Gasteiger partial charge in [-0.05, 0) is 70.7 Å². The maximum absolute atomic E-state index is 3.43. The van der Waals surface area contributed by atoms with E-state index in [1.54, 1.807) is 0 Å². The number of rotatable bonds is 6. The summed E-state index contributed by atoms with van der Waals surface area (Å²) in [6.07, 6.45) is 5.51. The van der Waals surface area contributed by atoms with Crippen molar-refractivity contribution >= 4 is 0 Å². The van der Waals surface area contributed by atoms with Gasteiger partial charge in [0.25, 0.3) is 0 Å². The molecule has 0 bridgehead atoms. The summed E-state index contributed by atoms with van der Waals surface area (Å²) in [5.74, 6) is 1.82. The summed E-state index contributed by atoms with van der Waals surface area (Å²) >= 11 is 0. The Morgan fingerprint density at radius 3 is 2.47 bits per heavy atom. The first-order valence-electron chi connectivity index (χ1n) is 6.57. The van der Waals surface area contributed by atoms with Gasteiger partial charge in [0.1, 0.15) is 0 Å². The van der Waals surface area contributed by atoms with Gasteiger partial charge in [0.15, 0.2) is 0 Å². The van der Waals surface area contributed by atoms with Gasteiger partial charge in [0.2, 0.25) is 0 Å². The minimum Gasteiger partial charge on any atom is -0.317 e. The summed E-state index contributed by atoms with van der Waals surface area (Å²) in [6.45, 7) is 9.64. The molecule has 0 aromatic rings. The standard InChI is InChI=1S/C13H28N2/c1-12(2)6-10-15(3)11-7-13-4-8-14-9-5-13/h12-14H,4-11H2,1-3H3. The third-order valence-corrected chi connectivity index (χ3v) is 3.47. The third-order valence-electron chi connectivity index (χ3n) is 3.47. The van der Waals surface area contributed by atoms with Crippen molar-refractivity contribution in [2.45, 2.75) is 39.5 Å². The normalized spacial score (nSPS) is 19.0. The van der Waals surface area contributed by atoms with E-state index >= 15 is 0 Å². The van der Waals surface area contributed by atoms with Crippen LogP contribution in [0.4, 0.5) is 0 Å². The van der Waals surface area contributed by atoms with Gasteiger partial charge in [-0.15, -0.1) is 0 Å². The van der Waals surface area contributed by atoms with Crippen LogP contribution in [0.2, 0.25) is 0 Å². The predicted octanol–water partition coefficient (Wildman–Crippen LogP) is 2.35. The van der Waals surface area contributed by atoms with Crippen LogP contribution in [0.1, 0.15) is 39.5 Å². The topological polar surface area (TPSA) is 15.3 Å². The molecule has 0 amide bonds. The Kier molecular flexibility index (Phi) is 6.26. The molecule has 1 fully saturated rings. The molecule has 0 saturated carbocycles. The van der Waals surface area contributed by atoms with Crippen LogP contribution in [0.25, 0.3) is 0 Å². The highest BCUT2D eigenvalue weighted by Gasteiger charge is 2.13. The molecule has 90 valence electrons. The number of hydrogen-bond donors (Lipinski definition) is 1. The zero-order chi connectivity index (χ0) is 11.1. The molecule has 1 heterocycles. The summed E-state index contributed by atoms with van der Waals surface area (Å²) in [5.41, 5.74) is 0. The monoisotopic (exact) mass is 212 g/mol. The lowest BCUT2D eigenvalue weighted by Crippen LogP contribution is -2.30. The van der Waals surface area contributed by atoms with Crippen molar-refractivity contribution in [2.24, 2.45) is 11.8 Å². The van der Waals surface area contributed by atoms with E-state index in [1.807, 2.05) is 0 Å². The predicted molar refractivity (Wildman–Crippen MR) is 67.2 cm³/mol. The van der Waals surface area contributed by atoms with E-state index in [0.717, 1.165) is 11.8 Å². The molecule has 0 aromatic heterocycles. The van der Waals surface area contributed by atoms with Crippen LogP contribution < -0.4 is 5.32 Å². The Bertz CT molecular complexity index is 151. The van der Waals surface area contributed by atoms with Crippen molar-refractivity contribution < 1.29 is 0 Å². The molecule has 1 saturated heterocycles. The number of nitrogens with zero attached hydrogens (tertiary/aromatic N) is 1. The van der Waals surface area contributed by atoms with Gasteiger partial charge < -0.3 is 10.2 Å². The van der Waals surface area contributed by atoms with E-state index in [0.29, 0.717) is 0 Å². The van der Waals surface area contributed by atoms with E-state index in [2.05, 4.69) is 31.1 Å². The fourth-order valence-corrected chi connectivity index (χ4v) is 2.16. The number of piperidine rings is 1. The van der Waals surface area contributed by atoms with Gasteiger partial charge in [0.05, 0.1) is 0 Å². The first-order valence-corrected chi connectivity index (χ1v) is 6.57. The summed E-state index contributed by atoms with van der Waals surface area (Å²) in [5, 5.41) is 3.43. The summed E-state index contributed by atoms with van der Waals surface area (Å²) in [6, 6.07) is 0. The second kappa shape index (κ2) is 7.24. The Morgan fingerprint density at radius 2 is 1.87 bits per heavy atom. The van der Waals surface area contributed by atoms with E-state index in [4.69, 9.17) is 0 Å². The smallest absolute Gasteiger partial charge is 0.00191 e. The van der Waals surface area contributed by atoms with Crippen molar-refractivity contribution in [3.8, 4) is 0 Å². The van der Waals surface area contributed by atoms with Crippen LogP contribution in [0.15, 0.2) is 0 Å². The Hall–Kier alpha value is -0.0800. The highest BCUT2D eigenvalue weighted by molar-refractivity contribution is 4.69. The molecule has 1 N–H and O–H groups in total. The highest BCUT2D eigenvalue weighted by atomic mass is 15.1. The van der Waals surface area contributed by atoms with E-state index in [9.17, 15) is 0 Å². The molecule has 1 aliphatic rings. The average molecular weight is 212 g/mol. The second-order valence-electron chi connectivity index (χ2n) is 5.47. The van der Waals surface area contributed by atoms with Gasteiger partial charge in [-0.25, -0.2) is 0 Å². The minimum atomic E-state index is 0.839. The lowest BCUT2D eigenvalue weighted by Gasteiger charge is -2.25. The van der Waals surface area contributed by atoms with Gasteiger partial charge in [-0.1, -0.05) is 13.8 Å². The first-order chi connectivity index (χ1) is 7.18. The quantitative estimate of drug-likeness (QED) is 0.727.